The van der Waals surface area contributed by atoms with Crippen molar-refractivity contribution in [3.8, 4) is 6.07 Å². The first-order valence-corrected chi connectivity index (χ1v) is 12.2. The molecule has 0 amide bonds. The summed E-state index contributed by atoms with van der Waals surface area (Å²) in [5.41, 5.74) is 2.40. The van der Waals surface area contributed by atoms with Crippen molar-refractivity contribution < 1.29 is 19.1 Å². The maximum Gasteiger partial charge on any atom is 0.337 e. The van der Waals surface area contributed by atoms with Gasteiger partial charge < -0.3 is 14.8 Å². The summed E-state index contributed by atoms with van der Waals surface area (Å²) in [6, 6.07) is 18.6. The molecule has 2 aromatic rings. The zero-order valence-corrected chi connectivity index (χ0v) is 20.7. The number of hydrogen-bond acceptors (Lipinski definition) is 7. The molecule has 0 aliphatic carbocycles. The molecule has 0 saturated carbocycles. The van der Waals surface area contributed by atoms with Crippen LogP contribution in [-0.4, -0.2) is 30.4 Å². The summed E-state index contributed by atoms with van der Waals surface area (Å²) in [4.78, 5) is 25.5. The van der Waals surface area contributed by atoms with E-state index in [0.717, 1.165) is 17.3 Å². The molecule has 0 fully saturated rings. The lowest BCUT2D eigenvalue weighted by Crippen LogP contribution is -2.29. The van der Waals surface area contributed by atoms with E-state index in [1.54, 1.807) is 45.0 Å². The van der Waals surface area contributed by atoms with Gasteiger partial charge in [-0.05, 0) is 38.0 Å². The summed E-state index contributed by atoms with van der Waals surface area (Å²) in [5.74, 6) is -1.73. The average molecular weight is 497 g/mol. The number of carbonyl (C=O) groups is 2. The SMILES string of the molecule is CCOC(=O)C1=C(c2ccccc2)NC(SCC(=O)OC(C)C)=C(C#N)[C@@H]1c1ccccc1Cl. The third-order valence-corrected chi connectivity index (χ3v) is 6.26. The number of nitriles is 1. The molecule has 0 saturated heterocycles. The Kier molecular flexibility index (Phi) is 8.80. The molecule has 1 N–H and O–H groups in total. The lowest BCUT2D eigenvalue weighted by molar-refractivity contribution is -0.144. The van der Waals surface area contributed by atoms with Gasteiger partial charge in [0.15, 0.2) is 0 Å². The van der Waals surface area contributed by atoms with E-state index in [-0.39, 0.29) is 29.6 Å². The minimum Gasteiger partial charge on any atom is -0.463 e. The molecule has 1 atom stereocenters. The molecule has 8 heteroatoms. The van der Waals surface area contributed by atoms with Gasteiger partial charge in [-0.15, -0.1) is 0 Å². The van der Waals surface area contributed by atoms with Crippen molar-refractivity contribution >= 4 is 41.0 Å². The third-order valence-electron chi connectivity index (χ3n) is 4.93. The first-order valence-electron chi connectivity index (χ1n) is 10.8. The number of allylic oxidation sites excluding steroid dienone is 1. The number of ether oxygens (including phenoxy) is 2. The number of nitrogens with zero attached hydrogens (tertiary/aromatic N) is 1. The fraction of sp³-hybridized carbons (Fsp3) is 0.269. The third kappa shape index (κ3) is 5.82. The van der Waals surface area contributed by atoms with Crippen molar-refractivity contribution in [3.05, 3.63) is 86.9 Å². The summed E-state index contributed by atoms with van der Waals surface area (Å²) >= 11 is 7.70. The zero-order chi connectivity index (χ0) is 24.7. The number of thioether (sulfide) groups is 1. The van der Waals surface area contributed by atoms with Crippen LogP contribution in [0, 0.1) is 11.3 Å². The van der Waals surface area contributed by atoms with Crippen molar-refractivity contribution in [2.75, 3.05) is 12.4 Å². The van der Waals surface area contributed by atoms with Crippen LogP contribution in [0.2, 0.25) is 5.02 Å². The molecule has 34 heavy (non-hydrogen) atoms. The predicted octanol–water partition coefficient (Wildman–Crippen LogP) is 5.42. The van der Waals surface area contributed by atoms with Crippen LogP contribution in [0.1, 0.15) is 37.8 Å². The van der Waals surface area contributed by atoms with Crippen LogP contribution in [0.3, 0.4) is 0 Å². The van der Waals surface area contributed by atoms with E-state index < -0.39 is 17.9 Å². The van der Waals surface area contributed by atoms with Crippen LogP contribution in [0.15, 0.2) is 70.8 Å². The second-order valence-electron chi connectivity index (χ2n) is 7.64. The molecule has 2 aromatic carbocycles. The molecular weight excluding hydrogens is 472 g/mol. The normalized spacial score (nSPS) is 15.6. The number of benzene rings is 2. The van der Waals surface area contributed by atoms with Gasteiger partial charge in [0.05, 0.1) is 52.3 Å². The van der Waals surface area contributed by atoms with Gasteiger partial charge in [0.1, 0.15) is 0 Å². The summed E-state index contributed by atoms with van der Waals surface area (Å²) in [6.45, 7) is 5.45. The van der Waals surface area contributed by atoms with Gasteiger partial charge in [-0.3, -0.25) is 4.79 Å². The van der Waals surface area contributed by atoms with Gasteiger partial charge in [0, 0.05) is 5.02 Å². The molecule has 0 radical (unpaired) electrons. The minimum atomic E-state index is -0.780. The van der Waals surface area contributed by atoms with Gasteiger partial charge in [-0.1, -0.05) is 71.9 Å². The van der Waals surface area contributed by atoms with Crippen LogP contribution in [0.5, 0.6) is 0 Å². The van der Waals surface area contributed by atoms with E-state index >= 15 is 0 Å². The van der Waals surface area contributed by atoms with Crippen LogP contribution in [0.4, 0.5) is 0 Å². The van der Waals surface area contributed by atoms with Crippen molar-refractivity contribution in [1.29, 1.82) is 5.26 Å². The number of carbonyl (C=O) groups excluding carboxylic acids is 2. The van der Waals surface area contributed by atoms with E-state index in [1.807, 2.05) is 30.3 Å². The number of halogens is 1. The van der Waals surface area contributed by atoms with E-state index in [4.69, 9.17) is 21.1 Å². The van der Waals surface area contributed by atoms with Crippen LogP contribution >= 0.6 is 23.4 Å². The van der Waals surface area contributed by atoms with Gasteiger partial charge in [-0.2, -0.15) is 5.26 Å². The Morgan fingerprint density at radius 1 is 1.15 bits per heavy atom. The Morgan fingerprint density at radius 3 is 2.44 bits per heavy atom. The monoisotopic (exact) mass is 496 g/mol. The largest absolute Gasteiger partial charge is 0.463 e. The fourth-order valence-electron chi connectivity index (χ4n) is 3.61. The molecular formula is C26H25ClN2O4S. The van der Waals surface area contributed by atoms with Crippen molar-refractivity contribution in [2.24, 2.45) is 0 Å². The van der Waals surface area contributed by atoms with Crippen LogP contribution in [-0.2, 0) is 19.1 Å². The highest BCUT2D eigenvalue weighted by Crippen LogP contribution is 2.45. The number of hydrogen-bond donors (Lipinski definition) is 1. The molecule has 176 valence electrons. The van der Waals surface area contributed by atoms with Crippen molar-refractivity contribution in [3.63, 3.8) is 0 Å². The summed E-state index contributed by atoms with van der Waals surface area (Å²) in [7, 11) is 0. The summed E-state index contributed by atoms with van der Waals surface area (Å²) < 4.78 is 10.6. The van der Waals surface area contributed by atoms with Crippen LogP contribution < -0.4 is 5.32 Å². The highest BCUT2D eigenvalue weighted by molar-refractivity contribution is 8.03. The first kappa shape index (κ1) is 25.4. The molecule has 6 nitrogen and oxygen atoms in total. The second kappa shape index (κ2) is 11.8. The molecule has 1 heterocycles. The molecule has 1 aliphatic rings. The summed E-state index contributed by atoms with van der Waals surface area (Å²) in [5, 5.41) is 14.3. The van der Waals surface area contributed by atoms with Crippen LogP contribution in [0.25, 0.3) is 5.70 Å². The van der Waals surface area contributed by atoms with E-state index in [0.29, 0.717) is 21.3 Å². The minimum absolute atomic E-state index is 0.00224. The molecule has 0 spiro atoms. The lowest BCUT2D eigenvalue weighted by Gasteiger charge is -2.31. The van der Waals surface area contributed by atoms with Crippen molar-refractivity contribution in [2.45, 2.75) is 32.8 Å². The highest BCUT2D eigenvalue weighted by Gasteiger charge is 2.38. The Labute approximate surface area is 208 Å². The first-order chi connectivity index (χ1) is 16.4. The van der Waals surface area contributed by atoms with E-state index in [2.05, 4.69) is 11.4 Å². The Bertz CT molecular complexity index is 1170. The molecule has 0 aromatic heterocycles. The molecule has 1 aliphatic heterocycles. The fourth-order valence-corrected chi connectivity index (χ4v) is 4.67. The molecule has 0 unspecified atom stereocenters. The number of esters is 2. The van der Waals surface area contributed by atoms with Gasteiger partial charge >= 0.3 is 11.9 Å². The highest BCUT2D eigenvalue weighted by atomic mass is 35.5. The standard InChI is InChI=1S/C26H25ClN2O4S/c1-4-32-26(31)23-22(18-12-8-9-13-20(18)27)19(14-28)25(34-15-21(30)33-16(2)3)29-24(23)17-10-6-5-7-11-17/h5-13,16,22,29H,4,15H2,1-3H3/t22-/m0/s1. The predicted molar refractivity (Wildman–Crippen MR) is 134 cm³/mol. The molecule has 3 rings (SSSR count). The average Bonchev–Trinajstić information content (AvgIpc) is 2.82. The quantitative estimate of drug-likeness (QED) is 0.488. The van der Waals surface area contributed by atoms with Gasteiger partial charge in [-0.25, -0.2) is 4.79 Å². The van der Waals surface area contributed by atoms with Crippen molar-refractivity contribution in [1.82, 2.24) is 5.32 Å². The number of rotatable bonds is 8. The Morgan fingerprint density at radius 2 is 1.82 bits per heavy atom. The maximum atomic E-state index is 13.3. The number of nitrogens with one attached hydrogen (secondary N) is 1. The Hall–Kier alpha value is -3.21. The van der Waals surface area contributed by atoms with Gasteiger partial charge in [0.25, 0.3) is 0 Å². The smallest absolute Gasteiger partial charge is 0.337 e. The maximum absolute atomic E-state index is 13.3. The lowest BCUT2D eigenvalue weighted by atomic mass is 9.81. The Balaban J connectivity index is 2.20. The second-order valence-corrected chi connectivity index (χ2v) is 9.03. The van der Waals surface area contributed by atoms with Gasteiger partial charge in [0.2, 0.25) is 0 Å². The number of dihydropyridines is 1. The zero-order valence-electron chi connectivity index (χ0n) is 19.1. The van der Waals surface area contributed by atoms with E-state index in [1.165, 1.54) is 0 Å². The van der Waals surface area contributed by atoms with E-state index in [9.17, 15) is 14.9 Å². The topological polar surface area (TPSA) is 88.4 Å². The summed E-state index contributed by atoms with van der Waals surface area (Å²) in [6.07, 6.45) is -0.247. The molecule has 0 bridgehead atoms.